The number of benzene rings is 2. The Morgan fingerprint density at radius 1 is 1.21 bits per heavy atom. The molecule has 1 aliphatic rings. The van der Waals surface area contributed by atoms with Crippen LogP contribution in [0.2, 0.25) is 0 Å². The number of sulfonamides is 1. The molecule has 0 fully saturated rings. The SMILES string of the molecule is CCc1cc(S(=O)(=O)Nc2ccc3c(c2)C(=O)N(C)C3)ccc1OCC(=O)OC. The number of nitrogens with zero attached hydrogens (tertiary/aromatic N) is 1. The highest BCUT2D eigenvalue weighted by atomic mass is 32.2. The topological polar surface area (TPSA) is 102 Å². The van der Waals surface area contributed by atoms with Crippen molar-refractivity contribution in [3.8, 4) is 5.75 Å². The van der Waals surface area contributed by atoms with Gasteiger partial charge < -0.3 is 14.4 Å². The van der Waals surface area contributed by atoms with Gasteiger partial charge in [-0.05, 0) is 47.9 Å². The molecule has 0 unspecified atom stereocenters. The van der Waals surface area contributed by atoms with Crippen LogP contribution >= 0.6 is 0 Å². The molecule has 0 atom stereocenters. The van der Waals surface area contributed by atoms with Crippen molar-refractivity contribution in [1.29, 1.82) is 0 Å². The number of aryl methyl sites for hydroxylation is 1. The molecule has 8 nitrogen and oxygen atoms in total. The molecule has 0 radical (unpaired) electrons. The molecular weight excluding hydrogens is 396 g/mol. The van der Waals surface area contributed by atoms with Crippen LogP contribution in [-0.4, -0.2) is 46.0 Å². The average Bonchev–Trinajstić information content (AvgIpc) is 2.99. The van der Waals surface area contributed by atoms with Crippen LogP contribution in [0.3, 0.4) is 0 Å². The maximum Gasteiger partial charge on any atom is 0.343 e. The van der Waals surface area contributed by atoms with Gasteiger partial charge in [-0.1, -0.05) is 13.0 Å². The smallest absolute Gasteiger partial charge is 0.343 e. The van der Waals surface area contributed by atoms with Gasteiger partial charge in [0.1, 0.15) is 5.75 Å². The molecule has 0 saturated carbocycles. The van der Waals surface area contributed by atoms with E-state index < -0.39 is 16.0 Å². The van der Waals surface area contributed by atoms with Gasteiger partial charge >= 0.3 is 5.97 Å². The number of amides is 1. The third-order valence-corrected chi connectivity index (χ3v) is 6.02. The molecule has 2 aromatic carbocycles. The second-order valence-electron chi connectivity index (χ2n) is 6.63. The number of hydrogen-bond donors (Lipinski definition) is 1. The summed E-state index contributed by atoms with van der Waals surface area (Å²) in [6.07, 6.45) is 0.513. The Morgan fingerprint density at radius 2 is 1.97 bits per heavy atom. The van der Waals surface area contributed by atoms with Crippen molar-refractivity contribution >= 4 is 27.6 Å². The lowest BCUT2D eigenvalue weighted by Gasteiger charge is -2.13. The third kappa shape index (κ3) is 4.34. The van der Waals surface area contributed by atoms with E-state index in [2.05, 4.69) is 9.46 Å². The molecule has 1 aliphatic heterocycles. The number of anilines is 1. The van der Waals surface area contributed by atoms with E-state index in [1.807, 2.05) is 6.92 Å². The van der Waals surface area contributed by atoms with Crippen LogP contribution in [0.1, 0.15) is 28.4 Å². The molecule has 0 saturated heterocycles. The fourth-order valence-corrected chi connectivity index (χ4v) is 4.16. The maximum absolute atomic E-state index is 12.8. The highest BCUT2D eigenvalue weighted by Gasteiger charge is 2.25. The summed E-state index contributed by atoms with van der Waals surface area (Å²) in [4.78, 5) is 25.0. The second kappa shape index (κ2) is 8.12. The van der Waals surface area contributed by atoms with E-state index in [1.54, 1.807) is 30.1 Å². The maximum atomic E-state index is 12.8. The van der Waals surface area contributed by atoms with E-state index in [9.17, 15) is 18.0 Å². The first-order chi connectivity index (χ1) is 13.7. The fourth-order valence-electron chi connectivity index (χ4n) is 3.06. The minimum atomic E-state index is -3.87. The normalized spacial score (nSPS) is 13.2. The molecule has 3 rings (SSSR count). The van der Waals surface area contributed by atoms with E-state index in [0.29, 0.717) is 35.5 Å². The van der Waals surface area contributed by atoms with Crippen LogP contribution in [0, 0.1) is 0 Å². The van der Waals surface area contributed by atoms with Gasteiger partial charge in [0.15, 0.2) is 6.61 Å². The van der Waals surface area contributed by atoms with Crippen LogP contribution < -0.4 is 9.46 Å². The van der Waals surface area contributed by atoms with Gasteiger partial charge in [0.25, 0.3) is 15.9 Å². The van der Waals surface area contributed by atoms with E-state index in [0.717, 1.165) is 5.56 Å². The summed E-state index contributed by atoms with van der Waals surface area (Å²) in [6, 6.07) is 9.35. The van der Waals surface area contributed by atoms with Crippen LogP contribution in [0.4, 0.5) is 5.69 Å². The predicted octanol–water partition coefficient (Wildman–Crippen LogP) is 2.19. The van der Waals surface area contributed by atoms with Crippen molar-refractivity contribution in [3.05, 3.63) is 53.1 Å². The third-order valence-electron chi connectivity index (χ3n) is 4.64. The van der Waals surface area contributed by atoms with Gasteiger partial charge in [-0.15, -0.1) is 0 Å². The van der Waals surface area contributed by atoms with Crippen LogP contribution in [0.5, 0.6) is 5.75 Å². The first kappa shape index (κ1) is 20.7. The Labute approximate surface area is 169 Å². The van der Waals surface area contributed by atoms with Crippen molar-refractivity contribution in [1.82, 2.24) is 4.90 Å². The molecular formula is C20H22N2O6S. The van der Waals surface area contributed by atoms with E-state index in [4.69, 9.17) is 4.74 Å². The van der Waals surface area contributed by atoms with Gasteiger partial charge in [-0.2, -0.15) is 0 Å². The zero-order valence-electron chi connectivity index (χ0n) is 16.4. The first-order valence-electron chi connectivity index (χ1n) is 8.99. The zero-order valence-corrected chi connectivity index (χ0v) is 17.2. The minimum Gasteiger partial charge on any atom is -0.482 e. The summed E-state index contributed by atoms with van der Waals surface area (Å²) < 4.78 is 38.1. The summed E-state index contributed by atoms with van der Waals surface area (Å²) >= 11 is 0. The monoisotopic (exact) mass is 418 g/mol. The van der Waals surface area contributed by atoms with Gasteiger partial charge in [-0.3, -0.25) is 9.52 Å². The largest absolute Gasteiger partial charge is 0.482 e. The molecule has 1 heterocycles. The Bertz CT molecular complexity index is 1060. The second-order valence-corrected chi connectivity index (χ2v) is 8.31. The Balaban J connectivity index is 1.83. The molecule has 154 valence electrons. The predicted molar refractivity (Wildman–Crippen MR) is 106 cm³/mol. The summed E-state index contributed by atoms with van der Waals surface area (Å²) in [5, 5.41) is 0. The number of hydrogen-bond acceptors (Lipinski definition) is 6. The molecule has 29 heavy (non-hydrogen) atoms. The summed E-state index contributed by atoms with van der Waals surface area (Å²) in [6.45, 7) is 2.10. The number of carbonyl (C=O) groups excluding carboxylic acids is 2. The molecule has 0 aromatic heterocycles. The van der Waals surface area contributed by atoms with E-state index in [1.165, 1.54) is 25.3 Å². The molecule has 1 amide bonds. The number of rotatable bonds is 7. The lowest BCUT2D eigenvalue weighted by atomic mass is 10.1. The van der Waals surface area contributed by atoms with Gasteiger partial charge in [-0.25, -0.2) is 13.2 Å². The highest BCUT2D eigenvalue weighted by molar-refractivity contribution is 7.92. The van der Waals surface area contributed by atoms with Gasteiger partial charge in [0, 0.05) is 24.8 Å². The molecule has 0 aliphatic carbocycles. The van der Waals surface area contributed by atoms with Gasteiger partial charge in [0.05, 0.1) is 12.0 Å². The molecule has 0 spiro atoms. The number of esters is 1. The van der Waals surface area contributed by atoms with Crippen LogP contribution in [-0.2, 0) is 32.5 Å². The Kier molecular flexibility index (Phi) is 5.78. The Morgan fingerprint density at radius 3 is 2.66 bits per heavy atom. The van der Waals surface area contributed by atoms with E-state index in [-0.39, 0.29) is 17.4 Å². The van der Waals surface area contributed by atoms with Crippen LogP contribution in [0.25, 0.3) is 0 Å². The van der Waals surface area contributed by atoms with Crippen LogP contribution in [0.15, 0.2) is 41.3 Å². The summed E-state index contributed by atoms with van der Waals surface area (Å²) in [7, 11) is -0.910. The quantitative estimate of drug-likeness (QED) is 0.692. The van der Waals surface area contributed by atoms with Crippen molar-refractivity contribution < 1.29 is 27.5 Å². The lowest BCUT2D eigenvalue weighted by molar-refractivity contribution is -0.142. The van der Waals surface area contributed by atoms with Crippen molar-refractivity contribution in [2.75, 3.05) is 25.5 Å². The van der Waals surface area contributed by atoms with Crippen molar-refractivity contribution in [2.45, 2.75) is 24.8 Å². The first-order valence-corrected chi connectivity index (χ1v) is 10.5. The van der Waals surface area contributed by atoms with Crippen molar-refractivity contribution in [3.63, 3.8) is 0 Å². The highest BCUT2D eigenvalue weighted by Crippen LogP contribution is 2.28. The number of methoxy groups -OCH3 is 1. The number of ether oxygens (including phenoxy) is 2. The minimum absolute atomic E-state index is 0.0590. The fraction of sp³-hybridized carbons (Fsp3) is 0.300. The lowest BCUT2D eigenvalue weighted by Crippen LogP contribution is -2.17. The molecule has 1 N–H and O–H groups in total. The summed E-state index contributed by atoms with van der Waals surface area (Å²) in [5.41, 5.74) is 2.31. The average molecular weight is 418 g/mol. The van der Waals surface area contributed by atoms with E-state index >= 15 is 0 Å². The van der Waals surface area contributed by atoms with Gasteiger partial charge in [0.2, 0.25) is 0 Å². The standard InChI is InChI=1S/C20H22N2O6S/c1-4-13-9-16(7-8-18(13)28-12-19(23)27-3)29(25,26)21-15-6-5-14-11-22(2)20(24)17(14)10-15/h5-10,21H,4,11-12H2,1-3H3. The Hall–Kier alpha value is -3.07. The van der Waals surface area contributed by atoms with Crippen molar-refractivity contribution in [2.24, 2.45) is 0 Å². The molecule has 0 bridgehead atoms. The number of fused-ring (bicyclic) bond motifs is 1. The number of carbonyl (C=O) groups is 2. The molecule has 2 aromatic rings. The summed E-state index contributed by atoms with van der Waals surface area (Å²) in [5.74, 6) is -0.244. The number of nitrogens with one attached hydrogen (secondary N) is 1. The molecule has 9 heteroatoms. The zero-order chi connectivity index (χ0) is 21.2.